The smallest absolute Gasteiger partial charge is 0.376 e. The molecule has 0 saturated carbocycles. The van der Waals surface area contributed by atoms with E-state index in [2.05, 4.69) is 9.47 Å². The van der Waals surface area contributed by atoms with E-state index in [1.54, 1.807) is 0 Å². The van der Waals surface area contributed by atoms with Crippen molar-refractivity contribution in [2.75, 3.05) is 13.2 Å². The van der Waals surface area contributed by atoms with E-state index in [4.69, 9.17) is 0 Å². The van der Waals surface area contributed by atoms with Crippen LogP contribution in [-0.2, 0) is 14.3 Å². The zero-order valence-electron chi connectivity index (χ0n) is 5.97. The maximum atomic E-state index is 12.1. The summed E-state index contributed by atoms with van der Waals surface area (Å²) in [5.74, 6) is -4.89. The van der Waals surface area contributed by atoms with Crippen molar-refractivity contribution in [2.24, 2.45) is 0 Å². The van der Waals surface area contributed by atoms with Crippen molar-refractivity contribution in [1.29, 1.82) is 0 Å². The van der Waals surface area contributed by atoms with E-state index in [1.165, 1.54) is 0 Å². The Morgan fingerprint density at radius 1 is 1.82 bits per heavy atom. The number of epoxide rings is 1. The van der Waals surface area contributed by atoms with Gasteiger partial charge in [-0.15, -0.1) is 0 Å². The molecule has 64 valence electrons. The van der Waals surface area contributed by atoms with Crippen molar-refractivity contribution < 1.29 is 23.0 Å². The summed E-state index contributed by atoms with van der Waals surface area (Å²) in [5.41, 5.74) is 0. The number of carbonyl (C=O) groups is 1. The average molecular weight is 166 g/mol. The Kier molecular flexibility index (Phi) is 2.08. The number of alkyl halides is 2. The molecule has 0 aliphatic carbocycles. The monoisotopic (exact) mass is 166 g/mol. The zero-order chi connectivity index (χ0) is 8.48. The summed E-state index contributed by atoms with van der Waals surface area (Å²) >= 11 is 0. The molecular weight excluding hydrogens is 158 g/mol. The van der Waals surface area contributed by atoms with Gasteiger partial charge in [0.2, 0.25) is 0 Å². The van der Waals surface area contributed by atoms with Crippen LogP contribution in [0.25, 0.3) is 0 Å². The Bertz CT molecular complexity index is 160. The minimum absolute atomic E-state index is 0.0672. The fourth-order valence-electron chi connectivity index (χ4n) is 0.460. The number of ether oxygens (including phenoxy) is 2. The molecule has 1 atom stereocenters. The second kappa shape index (κ2) is 2.73. The SMILES string of the molecule is CC(F)(F)C(=O)OCC1CO1. The van der Waals surface area contributed by atoms with Crippen molar-refractivity contribution in [3.05, 3.63) is 0 Å². The highest BCUT2D eigenvalue weighted by atomic mass is 19.3. The van der Waals surface area contributed by atoms with Crippen LogP contribution in [0.2, 0.25) is 0 Å². The van der Waals surface area contributed by atoms with Gasteiger partial charge in [0.1, 0.15) is 12.7 Å². The van der Waals surface area contributed by atoms with E-state index in [0.717, 1.165) is 0 Å². The van der Waals surface area contributed by atoms with E-state index in [1.807, 2.05) is 0 Å². The van der Waals surface area contributed by atoms with Crippen LogP contribution in [0.15, 0.2) is 0 Å². The molecule has 0 aromatic heterocycles. The van der Waals surface area contributed by atoms with E-state index in [0.29, 0.717) is 13.5 Å². The summed E-state index contributed by atoms with van der Waals surface area (Å²) < 4.78 is 33.0. The molecule has 1 saturated heterocycles. The molecule has 0 amide bonds. The first-order valence-corrected chi connectivity index (χ1v) is 3.17. The maximum Gasteiger partial charge on any atom is 0.376 e. The Morgan fingerprint density at radius 3 is 2.73 bits per heavy atom. The Hall–Kier alpha value is -0.710. The van der Waals surface area contributed by atoms with Gasteiger partial charge in [-0.05, 0) is 0 Å². The first-order valence-electron chi connectivity index (χ1n) is 3.17. The van der Waals surface area contributed by atoms with Crippen LogP contribution in [0.3, 0.4) is 0 Å². The molecule has 1 fully saturated rings. The average Bonchev–Trinajstić information content (AvgIpc) is 2.62. The molecule has 0 N–H and O–H groups in total. The van der Waals surface area contributed by atoms with E-state index < -0.39 is 11.9 Å². The third-order valence-electron chi connectivity index (χ3n) is 1.16. The van der Waals surface area contributed by atoms with Crippen LogP contribution >= 0.6 is 0 Å². The predicted molar refractivity (Wildman–Crippen MR) is 31.3 cm³/mol. The van der Waals surface area contributed by atoms with Crippen LogP contribution in [0.5, 0.6) is 0 Å². The number of rotatable bonds is 3. The quantitative estimate of drug-likeness (QED) is 0.454. The highest BCUT2D eigenvalue weighted by Gasteiger charge is 2.36. The van der Waals surface area contributed by atoms with Gasteiger partial charge >= 0.3 is 11.9 Å². The molecule has 5 heteroatoms. The second-order valence-corrected chi connectivity index (χ2v) is 2.44. The molecule has 0 bridgehead atoms. The van der Waals surface area contributed by atoms with Crippen LogP contribution in [-0.4, -0.2) is 31.2 Å². The normalized spacial score (nSPS) is 23.0. The highest BCUT2D eigenvalue weighted by Crippen LogP contribution is 2.15. The number of hydrogen-bond donors (Lipinski definition) is 0. The molecule has 3 nitrogen and oxygen atoms in total. The second-order valence-electron chi connectivity index (χ2n) is 2.44. The Balaban J connectivity index is 2.19. The van der Waals surface area contributed by atoms with Crippen LogP contribution < -0.4 is 0 Å². The number of halogens is 2. The van der Waals surface area contributed by atoms with Crippen molar-refractivity contribution in [3.63, 3.8) is 0 Å². The minimum Gasteiger partial charge on any atom is -0.458 e. The van der Waals surface area contributed by atoms with Gasteiger partial charge in [0.05, 0.1) is 6.61 Å². The summed E-state index contributed by atoms with van der Waals surface area (Å²) in [6, 6.07) is 0. The zero-order valence-corrected chi connectivity index (χ0v) is 5.97. The fourth-order valence-corrected chi connectivity index (χ4v) is 0.460. The molecule has 0 aromatic carbocycles. The third-order valence-corrected chi connectivity index (χ3v) is 1.16. The molecule has 1 aliphatic rings. The standard InChI is InChI=1S/C6H8F2O3/c1-6(7,8)5(9)11-3-4-2-10-4/h4H,2-3H2,1H3. The van der Waals surface area contributed by atoms with Gasteiger partial charge in [-0.1, -0.05) is 0 Å². The molecule has 0 radical (unpaired) electrons. The number of hydrogen-bond acceptors (Lipinski definition) is 3. The van der Waals surface area contributed by atoms with E-state index in [-0.39, 0.29) is 12.7 Å². The summed E-state index contributed by atoms with van der Waals surface area (Å²) in [6.07, 6.45) is -0.165. The molecule has 1 heterocycles. The minimum atomic E-state index is -3.39. The summed E-state index contributed by atoms with van der Waals surface area (Å²) in [4.78, 5) is 10.4. The lowest BCUT2D eigenvalue weighted by Gasteiger charge is -2.08. The van der Waals surface area contributed by atoms with Gasteiger partial charge in [0.15, 0.2) is 0 Å². The van der Waals surface area contributed by atoms with E-state index >= 15 is 0 Å². The van der Waals surface area contributed by atoms with Gasteiger partial charge < -0.3 is 9.47 Å². The first-order chi connectivity index (χ1) is 5.00. The van der Waals surface area contributed by atoms with Crippen LogP contribution in [0, 0.1) is 0 Å². The lowest BCUT2D eigenvalue weighted by molar-refractivity contribution is -0.169. The molecular formula is C6H8F2O3. The topological polar surface area (TPSA) is 38.8 Å². The molecule has 1 aliphatic heterocycles. The Labute approximate surface area is 62.3 Å². The fraction of sp³-hybridized carbons (Fsp3) is 0.833. The highest BCUT2D eigenvalue weighted by molar-refractivity contribution is 5.76. The van der Waals surface area contributed by atoms with Gasteiger partial charge in [0.25, 0.3) is 0 Å². The van der Waals surface area contributed by atoms with Crippen LogP contribution in [0.4, 0.5) is 8.78 Å². The van der Waals surface area contributed by atoms with Crippen molar-refractivity contribution in [2.45, 2.75) is 19.0 Å². The molecule has 11 heavy (non-hydrogen) atoms. The van der Waals surface area contributed by atoms with Crippen molar-refractivity contribution in [3.8, 4) is 0 Å². The summed E-state index contributed by atoms with van der Waals surface area (Å²) in [5, 5.41) is 0. The van der Waals surface area contributed by atoms with Gasteiger partial charge in [0, 0.05) is 6.92 Å². The van der Waals surface area contributed by atoms with E-state index in [9.17, 15) is 13.6 Å². The number of carbonyl (C=O) groups excluding carboxylic acids is 1. The maximum absolute atomic E-state index is 12.1. The summed E-state index contributed by atoms with van der Waals surface area (Å²) in [6.45, 7) is 0.925. The van der Waals surface area contributed by atoms with Gasteiger partial charge in [-0.2, -0.15) is 8.78 Å². The van der Waals surface area contributed by atoms with Crippen molar-refractivity contribution >= 4 is 5.97 Å². The summed E-state index contributed by atoms with van der Waals surface area (Å²) in [7, 11) is 0. The van der Waals surface area contributed by atoms with Crippen LogP contribution in [0.1, 0.15) is 6.92 Å². The first kappa shape index (κ1) is 8.39. The van der Waals surface area contributed by atoms with Crippen molar-refractivity contribution in [1.82, 2.24) is 0 Å². The largest absolute Gasteiger partial charge is 0.458 e. The molecule has 1 unspecified atom stereocenters. The Morgan fingerprint density at radius 2 is 2.36 bits per heavy atom. The predicted octanol–water partition coefficient (Wildman–Crippen LogP) is 0.584. The number of esters is 1. The van der Waals surface area contributed by atoms with Gasteiger partial charge in [-0.25, -0.2) is 4.79 Å². The lowest BCUT2D eigenvalue weighted by Crippen LogP contribution is -2.28. The third kappa shape index (κ3) is 2.80. The van der Waals surface area contributed by atoms with Gasteiger partial charge in [-0.3, -0.25) is 0 Å². The lowest BCUT2D eigenvalue weighted by atomic mass is 10.4. The molecule has 1 rings (SSSR count). The molecule has 0 spiro atoms. The molecule has 0 aromatic rings.